The van der Waals surface area contributed by atoms with Gasteiger partial charge in [-0.1, -0.05) is 158 Å². The van der Waals surface area contributed by atoms with Gasteiger partial charge in [0.05, 0.1) is 33.8 Å². The molecule has 0 aliphatic carbocycles. The Kier molecular flexibility index (Phi) is 7.17. The Morgan fingerprint density at radius 3 is 1.93 bits per heavy atom. The molecule has 0 radical (unpaired) electrons. The fourth-order valence-corrected chi connectivity index (χ4v) is 8.54. The van der Waals surface area contributed by atoms with Crippen LogP contribution in [0.2, 0.25) is 0 Å². The van der Waals surface area contributed by atoms with E-state index in [2.05, 4.69) is 210 Å². The minimum atomic E-state index is 0.856. The lowest BCUT2D eigenvalue weighted by atomic mass is 9.99. The molecule has 0 N–H and O–H groups in total. The molecule has 0 fully saturated rings. The van der Waals surface area contributed by atoms with Gasteiger partial charge in [-0.05, 0) is 70.4 Å². The summed E-state index contributed by atoms with van der Waals surface area (Å²) in [7, 11) is 0. The van der Waals surface area contributed by atoms with Crippen molar-refractivity contribution < 1.29 is 4.42 Å². The van der Waals surface area contributed by atoms with Gasteiger partial charge < -0.3 is 13.9 Å². The lowest BCUT2D eigenvalue weighted by molar-refractivity contribution is 0.669. The molecule has 2 aromatic heterocycles. The highest BCUT2D eigenvalue weighted by atomic mass is 16.3. The number of hydrogen-bond acceptors (Lipinski definition) is 2. The fraction of sp³-hybridized carbons (Fsp3) is 0. The third kappa shape index (κ3) is 4.98. The first kappa shape index (κ1) is 31.2. The second-order valence-electron chi connectivity index (χ2n) is 14.1. The van der Waals surface area contributed by atoms with Crippen LogP contribution in [-0.2, 0) is 0 Å². The van der Waals surface area contributed by atoms with Crippen LogP contribution in [-0.4, -0.2) is 4.57 Å². The van der Waals surface area contributed by atoms with Gasteiger partial charge in [0.1, 0.15) is 5.58 Å². The van der Waals surface area contributed by atoms with Crippen LogP contribution in [0.25, 0.3) is 82.5 Å². The zero-order chi connectivity index (χ0) is 36.3. The number of hydrogen-bond donors (Lipinski definition) is 0. The summed E-state index contributed by atoms with van der Waals surface area (Å²) >= 11 is 0. The topological polar surface area (TPSA) is 21.3 Å². The van der Waals surface area contributed by atoms with Crippen molar-refractivity contribution in [1.82, 2.24) is 4.57 Å². The Bertz CT molecular complexity index is 3220. The Morgan fingerprint density at radius 2 is 1.02 bits per heavy atom. The van der Waals surface area contributed by atoms with Gasteiger partial charge in [0.25, 0.3) is 0 Å². The maximum absolute atomic E-state index is 6.78. The molecule has 0 saturated heterocycles. The van der Waals surface area contributed by atoms with Crippen molar-refractivity contribution in [3.8, 4) is 27.9 Å². The zero-order valence-electron chi connectivity index (χ0n) is 29.9. The number of anilines is 3. The van der Waals surface area contributed by atoms with E-state index in [1.807, 2.05) is 6.07 Å². The summed E-state index contributed by atoms with van der Waals surface area (Å²) in [4.78, 5) is 2.42. The minimum Gasteiger partial charge on any atom is -0.454 e. The molecule has 0 unspecified atom stereocenters. The molecular formula is C52H34N2O. The molecule has 0 saturated carbocycles. The van der Waals surface area contributed by atoms with Gasteiger partial charge in [0.2, 0.25) is 0 Å². The van der Waals surface area contributed by atoms with Gasteiger partial charge in [0, 0.05) is 32.7 Å². The van der Waals surface area contributed by atoms with E-state index in [4.69, 9.17) is 4.42 Å². The van der Waals surface area contributed by atoms with Crippen LogP contribution < -0.4 is 4.90 Å². The van der Waals surface area contributed by atoms with Gasteiger partial charge in [0.15, 0.2) is 5.58 Å². The van der Waals surface area contributed by atoms with Crippen molar-refractivity contribution >= 4 is 71.6 Å². The molecule has 9 aromatic carbocycles. The summed E-state index contributed by atoms with van der Waals surface area (Å²) in [6.07, 6.45) is 0. The van der Waals surface area contributed by atoms with E-state index in [-0.39, 0.29) is 0 Å². The van der Waals surface area contributed by atoms with Crippen LogP contribution >= 0.6 is 0 Å². The van der Waals surface area contributed by atoms with Crippen molar-refractivity contribution in [3.63, 3.8) is 0 Å². The van der Waals surface area contributed by atoms with E-state index in [1.54, 1.807) is 0 Å². The SMILES string of the molecule is c1ccc(-c2ccccc2N(c2cccc3c2oc2ccccc23)c2cccc3c2c2ccccc2n3-c2ccccc2-c2ccc3ccccc3c2)cc1. The molecule has 3 heteroatoms. The summed E-state index contributed by atoms with van der Waals surface area (Å²) in [5.74, 6) is 0. The molecule has 11 aromatic rings. The van der Waals surface area contributed by atoms with E-state index in [9.17, 15) is 0 Å². The molecule has 11 rings (SSSR count). The van der Waals surface area contributed by atoms with Gasteiger partial charge in [-0.25, -0.2) is 0 Å². The predicted octanol–water partition coefficient (Wildman–Crippen LogP) is 14.6. The fourth-order valence-electron chi connectivity index (χ4n) is 8.54. The number of fused-ring (bicyclic) bond motifs is 7. The predicted molar refractivity (Wildman–Crippen MR) is 231 cm³/mol. The third-order valence-electron chi connectivity index (χ3n) is 11.0. The quantitative estimate of drug-likeness (QED) is 0.172. The standard InChI is InChI=1S/C52H34N2O/c1-2-17-36(18-3-1)39-20-6-10-25-44(39)54(49-30-14-24-42-41-22-9-13-31-50(41)55-52(42)49)48-29-15-28-47-51(48)43-23-8-12-27-46(43)53(47)45-26-11-7-21-40(45)38-33-32-35-16-4-5-19-37(35)34-38/h1-34H. The van der Waals surface area contributed by atoms with E-state index in [1.165, 1.54) is 32.7 Å². The largest absolute Gasteiger partial charge is 0.454 e. The molecule has 3 nitrogen and oxygen atoms in total. The van der Waals surface area contributed by atoms with E-state index >= 15 is 0 Å². The lowest BCUT2D eigenvalue weighted by Crippen LogP contribution is -2.12. The maximum Gasteiger partial charge on any atom is 0.159 e. The van der Waals surface area contributed by atoms with Gasteiger partial charge >= 0.3 is 0 Å². The summed E-state index contributed by atoms with van der Waals surface area (Å²) in [5, 5.41) is 7.01. The van der Waals surface area contributed by atoms with E-state index in [0.717, 1.165) is 66.8 Å². The molecule has 0 aliphatic rings. The highest BCUT2D eigenvalue weighted by Crippen LogP contribution is 2.49. The van der Waals surface area contributed by atoms with Crippen molar-refractivity contribution in [2.75, 3.05) is 4.90 Å². The molecule has 0 spiro atoms. The monoisotopic (exact) mass is 702 g/mol. The number of furan rings is 1. The molecule has 258 valence electrons. The first-order chi connectivity index (χ1) is 27.3. The molecule has 55 heavy (non-hydrogen) atoms. The van der Waals surface area contributed by atoms with Crippen LogP contribution in [0.5, 0.6) is 0 Å². The molecule has 0 aliphatic heterocycles. The van der Waals surface area contributed by atoms with Crippen LogP contribution in [0, 0.1) is 0 Å². The molecule has 0 amide bonds. The summed E-state index contributed by atoms with van der Waals surface area (Å²) < 4.78 is 9.22. The molecular weight excluding hydrogens is 669 g/mol. The van der Waals surface area contributed by atoms with Gasteiger partial charge in [-0.2, -0.15) is 0 Å². The van der Waals surface area contributed by atoms with Crippen LogP contribution in [0.15, 0.2) is 211 Å². The minimum absolute atomic E-state index is 0.856. The summed E-state index contributed by atoms with van der Waals surface area (Å²) in [6, 6.07) is 73.9. The number of aromatic nitrogens is 1. The first-order valence-electron chi connectivity index (χ1n) is 18.8. The average Bonchev–Trinajstić information content (AvgIpc) is 3.81. The zero-order valence-corrected chi connectivity index (χ0v) is 29.9. The number of benzene rings is 9. The third-order valence-corrected chi connectivity index (χ3v) is 11.0. The molecule has 2 heterocycles. The van der Waals surface area contributed by atoms with Crippen molar-refractivity contribution in [1.29, 1.82) is 0 Å². The highest BCUT2D eigenvalue weighted by Gasteiger charge is 2.26. The summed E-state index contributed by atoms with van der Waals surface area (Å²) in [5.41, 5.74) is 12.9. The van der Waals surface area contributed by atoms with Crippen LogP contribution in [0.1, 0.15) is 0 Å². The molecule has 0 atom stereocenters. The second-order valence-corrected chi connectivity index (χ2v) is 14.1. The number of nitrogens with zero attached hydrogens (tertiary/aromatic N) is 2. The van der Waals surface area contributed by atoms with E-state index < -0.39 is 0 Å². The highest BCUT2D eigenvalue weighted by molar-refractivity contribution is 6.19. The normalized spacial score (nSPS) is 11.6. The van der Waals surface area contributed by atoms with Crippen molar-refractivity contribution in [3.05, 3.63) is 206 Å². The van der Waals surface area contributed by atoms with Gasteiger partial charge in [-0.15, -0.1) is 0 Å². The van der Waals surface area contributed by atoms with Gasteiger partial charge in [-0.3, -0.25) is 0 Å². The number of rotatable bonds is 6. The van der Waals surface area contributed by atoms with Crippen LogP contribution in [0.4, 0.5) is 17.1 Å². The Labute approximate surface area is 318 Å². The van der Waals surface area contributed by atoms with Crippen LogP contribution in [0.3, 0.4) is 0 Å². The van der Waals surface area contributed by atoms with Crippen molar-refractivity contribution in [2.45, 2.75) is 0 Å². The Balaban J connectivity index is 1.23. The lowest BCUT2D eigenvalue weighted by Gasteiger charge is -2.28. The average molecular weight is 703 g/mol. The molecule has 0 bridgehead atoms. The van der Waals surface area contributed by atoms with Crippen molar-refractivity contribution in [2.24, 2.45) is 0 Å². The summed E-state index contributed by atoms with van der Waals surface area (Å²) in [6.45, 7) is 0. The second kappa shape index (κ2) is 12.6. The number of para-hydroxylation sites is 5. The Hall–Kier alpha value is -7.36. The smallest absolute Gasteiger partial charge is 0.159 e. The maximum atomic E-state index is 6.78. The van der Waals surface area contributed by atoms with E-state index in [0.29, 0.717) is 0 Å². The Morgan fingerprint density at radius 1 is 0.382 bits per heavy atom. The first-order valence-corrected chi connectivity index (χ1v) is 18.8.